The summed E-state index contributed by atoms with van der Waals surface area (Å²) in [6.07, 6.45) is 3.23. The summed E-state index contributed by atoms with van der Waals surface area (Å²) < 4.78 is 1.62. The highest BCUT2D eigenvalue weighted by molar-refractivity contribution is 6.32. The van der Waals surface area contributed by atoms with Crippen LogP contribution in [0.15, 0.2) is 24.5 Å². The zero-order valence-electron chi connectivity index (χ0n) is 8.26. The van der Waals surface area contributed by atoms with Crippen molar-refractivity contribution in [3.63, 3.8) is 0 Å². The van der Waals surface area contributed by atoms with Gasteiger partial charge in [-0.2, -0.15) is 10.4 Å². The largest absolute Gasteiger partial charge is 0.381 e. The maximum Gasteiger partial charge on any atom is 0.164 e. The molecule has 2 aromatic rings. The van der Waals surface area contributed by atoms with Gasteiger partial charge < -0.3 is 5.73 Å². The minimum Gasteiger partial charge on any atom is -0.381 e. The number of nitriles is 1. The van der Waals surface area contributed by atoms with Crippen molar-refractivity contribution >= 4 is 17.4 Å². The summed E-state index contributed by atoms with van der Waals surface area (Å²) in [5.74, 6) is 0.302. The van der Waals surface area contributed by atoms with E-state index in [1.165, 1.54) is 0 Å². The third kappa shape index (κ3) is 2.12. The quantitative estimate of drug-likeness (QED) is 0.851. The van der Waals surface area contributed by atoms with E-state index in [1.807, 2.05) is 12.1 Å². The average molecular weight is 234 g/mol. The number of rotatable bonds is 2. The topological polar surface area (TPSA) is 80.5 Å². The number of nitrogens with two attached hydrogens (primary N) is 1. The van der Waals surface area contributed by atoms with Gasteiger partial charge in [0.15, 0.2) is 5.82 Å². The minimum atomic E-state index is 0.302. The van der Waals surface area contributed by atoms with Gasteiger partial charge in [0, 0.05) is 12.4 Å². The SMILES string of the molecule is N#Cc1cc(Cn2cc(Cl)c(N)n2)ccn1. The van der Waals surface area contributed by atoms with Gasteiger partial charge in [-0.15, -0.1) is 0 Å². The van der Waals surface area contributed by atoms with E-state index in [9.17, 15) is 0 Å². The highest BCUT2D eigenvalue weighted by Gasteiger charge is 2.03. The Hall–Kier alpha value is -2.06. The molecule has 2 N–H and O–H groups in total. The highest BCUT2D eigenvalue weighted by atomic mass is 35.5. The summed E-state index contributed by atoms with van der Waals surface area (Å²) in [7, 11) is 0. The lowest BCUT2D eigenvalue weighted by atomic mass is 10.2. The van der Waals surface area contributed by atoms with Gasteiger partial charge in [-0.3, -0.25) is 4.68 Å². The Balaban J connectivity index is 2.24. The van der Waals surface area contributed by atoms with E-state index < -0.39 is 0 Å². The van der Waals surface area contributed by atoms with Crippen molar-refractivity contribution < 1.29 is 0 Å². The van der Waals surface area contributed by atoms with E-state index in [0.717, 1.165) is 5.56 Å². The van der Waals surface area contributed by atoms with E-state index in [4.69, 9.17) is 22.6 Å². The lowest BCUT2D eigenvalue weighted by Gasteiger charge is -2.01. The van der Waals surface area contributed by atoms with Crippen molar-refractivity contribution in [3.8, 4) is 6.07 Å². The molecule has 0 radical (unpaired) electrons. The third-order valence-electron chi connectivity index (χ3n) is 2.03. The number of anilines is 1. The van der Waals surface area contributed by atoms with Crippen LogP contribution >= 0.6 is 11.6 Å². The summed E-state index contributed by atoms with van der Waals surface area (Å²) in [5, 5.41) is 13.1. The summed E-state index contributed by atoms with van der Waals surface area (Å²) in [6, 6.07) is 5.49. The second kappa shape index (κ2) is 4.21. The van der Waals surface area contributed by atoms with Gasteiger partial charge in [0.05, 0.1) is 6.54 Å². The smallest absolute Gasteiger partial charge is 0.164 e. The predicted octanol–water partition coefficient (Wildman–Crippen LogP) is 1.43. The molecule has 0 saturated heterocycles. The molecule has 2 heterocycles. The lowest BCUT2D eigenvalue weighted by Crippen LogP contribution is -2.01. The fourth-order valence-electron chi connectivity index (χ4n) is 1.31. The molecule has 0 atom stereocenters. The Bertz CT molecular complexity index is 535. The summed E-state index contributed by atoms with van der Waals surface area (Å²) in [5.41, 5.74) is 6.82. The average Bonchev–Trinajstić information content (AvgIpc) is 2.58. The molecule has 2 aromatic heterocycles. The molecule has 0 aliphatic rings. The van der Waals surface area contributed by atoms with Gasteiger partial charge in [-0.05, 0) is 17.7 Å². The molecule has 16 heavy (non-hydrogen) atoms. The first kappa shape index (κ1) is 10.5. The molecule has 6 heteroatoms. The van der Waals surface area contributed by atoms with Gasteiger partial charge in [0.2, 0.25) is 0 Å². The first-order chi connectivity index (χ1) is 7.69. The van der Waals surface area contributed by atoms with Crippen molar-refractivity contribution in [2.24, 2.45) is 0 Å². The second-order valence-corrected chi connectivity index (χ2v) is 3.63. The van der Waals surface area contributed by atoms with Crippen LogP contribution in [0.1, 0.15) is 11.3 Å². The molecule has 0 saturated carbocycles. The molecule has 0 amide bonds. The molecule has 80 valence electrons. The number of nitrogens with zero attached hydrogens (tertiary/aromatic N) is 4. The van der Waals surface area contributed by atoms with Gasteiger partial charge in [-0.25, -0.2) is 4.98 Å². The van der Waals surface area contributed by atoms with Gasteiger partial charge >= 0.3 is 0 Å². The van der Waals surface area contributed by atoms with Crippen LogP contribution in [0, 0.1) is 11.3 Å². The fourth-order valence-corrected chi connectivity index (χ4v) is 1.46. The Labute approximate surface area is 97.1 Å². The number of nitrogen functional groups attached to an aromatic ring is 1. The number of hydrogen-bond donors (Lipinski definition) is 1. The Morgan fingerprint density at radius 1 is 1.56 bits per heavy atom. The Morgan fingerprint density at radius 2 is 2.38 bits per heavy atom. The summed E-state index contributed by atoms with van der Waals surface area (Å²) >= 11 is 5.78. The first-order valence-electron chi connectivity index (χ1n) is 4.52. The first-order valence-corrected chi connectivity index (χ1v) is 4.90. The predicted molar refractivity (Wildman–Crippen MR) is 59.7 cm³/mol. The summed E-state index contributed by atoms with van der Waals surface area (Å²) in [4.78, 5) is 3.88. The molecule has 0 aliphatic heterocycles. The summed E-state index contributed by atoms with van der Waals surface area (Å²) in [6.45, 7) is 0.508. The number of aromatic nitrogens is 3. The van der Waals surface area contributed by atoms with Crippen molar-refractivity contribution in [2.75, 3.05) is 5.73 Å². The maximum absolute atomic E-state index is 8.70. The van der Waals surface area contributed by atoms with E-state index >= 15 is 0 Å². The highest BCUT2D eigenvalue weighted by Crippen LogP contribution is 2.16. The third-order valence-corrected chi connectivity index (χ3v) is 2.32. The lowest BCUT2D eigenvalue weighted by molar-refractivity contribution is 0.689. The van der Waals surface area contributed by atoms with E-state index in [0.29, 0.717) is 23.1 Å². The van der Waals surface area contributed by atoms with Crippen molar-refractivity contribution in [1.82, 2.24) is 14.8 Å². The molecule has 5 nitrogen and oxygen atoms in total. The monoisotopic (exact) mass is 233 g/mol. The normalized spacial score (nSPS) is 10.0. The van der Waals surface area contributed by atoms with Crippen molar-refractivity contribution in [1.29, 1.82) is 5.26 Å². The number of hydrogen-bond acceptors (Lipinski definition) is 4. The zero-order valence-corrected chi connectivity index (χ0v) is 9.02. The van der Waals surface area contributed by atoms with Crippen LogP contribution in [-0.4, -0.2) is 14.8 Å². The van der Waals surface area contributed by atoms with E-state index in [1.54, 1.807) is 23.1 Å². The minimum absolute atomic E-state index is 0.302. The molecule has 0 spiro atoms. The molecular weight excluding hydrogens is 226 g/mol. The fraction of sp³-hybridized carbons (Fsp3) is 0.100. The number of halogens is 1. The Morgan fingerprint density at radius 3 is 3.00 bits per heavy atom. The van der Waals surface area contributed by atoms with Crippen LogP contribution in [0.3, 0.4) is 0 Å². The van der Waals surface area contributed by atoms with Gasteiger partial charge in [-0.1, -0.05) is 11.6 Å². The van der Waals surface area contributed by atoms with Crippen LogP contribution in [0.25, 0.3) is 0 Å². The van der Waals surface area contributed by atoms with Gasteiger partial charge in [0.1, 0.15) is 16.8 Å². The molecule has 0 unspecified atom stereocenters. The molecule has 0 bridgehead atoms. The zero-order chi connectivity index (χ0) is 11.5. The van der Waals surface area contributed by atoms with Gasteiger partial charge in [0.25, 0.3) is 0 Å². The maximum atomic E-state index is 8.70. The second-order valence-electron chi connectivity index (χ2n) is 3.22. The standard InChI is InChI=1S/C10H8ClN5/c11-9-6-16(15-10(9)13)5-7-1-2-14-8(3-7)4-12/h1-3,6H,5H2,(H2,13,15). The Kier molecular flexibility index (Phi) is 2.75. The molecule has 0 aromatic carbocycles. The molecule has 0 aliphatic carbocycles. The van der Waals surface area contributed by atoms with Crippen molar-refractivity contribution in [2.45, 2.75) is 6.54 Å². The number of pyridine rings is 1. The molecule has 2 rings (SSSR count). The van der Waals surface area contributed by atoms with Crippen LogP contribution < -0.4 is 5.73 Å². The van der Waals surface area contributed by atoms with Crippen LogP contribution in [-0.2, 0) is 6.54 Å². The molecule has 0 fully saturated rings. The van der Waals surface area contributed by atoms with Crippen LogP contribution in [0.2, 0.25) is 5.02 Å². The van der Waals surface area contributed by atoms with Crippen LogP contribution in [0.5, 0.6) is 0 Å². The van der Waals surface area contributed by atoms with Crippen molar-refractivity contribution in [3.05, 3.63) is 40.8 Å². The molecular formula is C10H8ClN5. The van der Waals surface area contributed by atoms with E-state index in [2.05, 4.69) is 10.1 Å². The van der Waals surface area contributed by atoms with Crippen LogP contribution in [0.4, 0.5) is 5.82 Å². The van der Waals surface area contributed by atoms with E-state index in [-0.39, 0.29) is 0 Å².